The predicted octanol–water partition coefficient (Wildman–Crippen LogP) is 0.356. The minimum Gasteiger partial charge on any atom is -0.480 e. The van der Waals surface area contributed by atoms with Gasteiger partial charge in [-0.2, -0.15) is 0 Å². The molecule has 0 aromatic rings. The summed E-state index contributed by atoms with van der Waals surface area (Å²) >= 11 is 0. The highest BCUT2D eigenvalue weighted by Crippen LogP contribution is 2.10. The second kappa shape index (κ2) is 6.48. The van der Waals surface area contributed by atoms with E-state index in [-0.39, 0.29) is 11.8 Å². The van der Waals surface area contributed by atoms with E-state index in [0.29, 0.717) is 13.0 Å². The summed E-state index contributed by atoms with van der Waals surface area (Å²) in [6.07, 6.45) is 3.06. The summed E-state index contributed by atoms with van der Waals surface area (Å²) in [5.74, 6) is -1.15. The van der Waals surface area contributed by atoms with Crippen LogP contribution in [-0.2, 0) is 9.59 Å². The molecule has 0 aliphatic carbocycles. The van der Waals surface area contributed by atoms with Gasteiger partial charge in [-0.3, -0.25) is 4.79 Å². The van der Waals surface area contributed by atoms with E-state index in [1.807, 2.05) is 6.92 Å². The summed E-state index contributed by atoms with van der Waals surface area (Å²) in [6, 6.07) is -0.737. The van der Waals surface area contributed by atoms with E-state index in [1.165, 1.54) is 0 Å². The Hall–Kier alpha value is -1.10. The zero-order chi connectivity index (χ0) is 12.0. The largest absolute Gasteiger partial charge is 0.480 e. The van der Waals surface area contributed by atoms with Crippen molar-refractivity contribution in [1.29, 1.82) is 0 Å². The van der Waals surface area contributed by atoms with E-state index in [9.17, 15) is 9.59 Å². The number of carbonyl (C=O) groups excluding carboxylic acids is 1. The molecule has 0 spiro atoms. The number of rotatable bonds is 5. The third kappa shape index (κ3) is 3.81. The van der Waals surface area contributed by atoms with Crippen molar-refractivity contribution >= 4 is 11.9 Å². The molecule has 1 aliphatic rings. The van der Waals surface area contributed by atoms with Crippen LogP contribution in [0, 0.1) is 5.92 Å². The Morgan fingerprint density at radius 2 is 2.31 bits per heavy atom. The van der Waals surface area contributed by atoms with Crippen LogP contribution >= 0.6 is 0 Å². The second-order valence-electron chi connectivity index (χ2n) is 4.23. The SMILES string of the molecule is CCC[C@@H](NC(=O)[C@@H]1CCCNC1)C(=O)O. The number of carboxylic acids is 1. The van der Waals surface area contributed by atoms with E-state index < -0.39 is 12.0 Å². The molecule has 1 amide bonds. The molecule has 1 saturated heterocycles. The maximum Gasteiger partial charge on any atom is 0.326 e. The van der Waals surface area contributed by atoms with E-state index >= 15 is 0 Å². The fourth-order valence-corrected chi connectivity index (χ4v) is 1.91. The van der Waals surface area contributed by atoms with Gasteiger partial charge in [0.2, 0.25) is 5.91 Å². The van der Waals surface area contributed by atoms with Crippen LogP contribution in [-0.4, -0.2) is 36.1 Å². The van der Waals surface area contributed by atoms with E-state index in [4.69, 9.17) is 5.11 Å². The minimum absolute atomic E-state index is 0.0764. The van der Waals surface area contributed by atoms with Crippen molar-refractivity contribution in [2.45, 2.75) is 38.6 Å². The van der Waals surface area contributed by atoms with Crippen molar-refractivity contribution in [2.75, 3.05) is 13.1 Å². The normalized spacial score (nSPS) is 22.4. The van der Waals surface area contributed by atoms with Crippen LogP contribution in [0.2, 0.25) is 0 Å². The fourth-order valence-electron chi connectivity index (χ4n) is 1.91. The quantitative estimate of drug-likeness (QED) is 0.634. The topological polar surface area (TPSA) is 78.4 Å². The first kappa shape index (κ1) is 13.0. The molecule has 92 valence electrons. The van der Waals surface area contributed by atoms with Gasteiger partial charge in [-0.1, -0.05) is 13.3 Å². The van der Waals surface area contributed by atoms with Crippen LogP contribution < -0.4 is 10.6 Å². The Bertz CT molecular complexity index is 250. The van der Waals surface area contributed by atoms with Crippen LogP contribution in [0.5, 0.6) is 0 Å². The monoisotopic (exact) mass is 228 g/mol. The maximum absolute atomic E-state index is 11.8. The molecule has 16 heavy (non-hydrogen) atoms. The van der Waals surface area contributed by atoms with Gasteiger partial charge in [0.25, 0.3) is 0 Å². The summed E-state index contributed by atoms with van der Waals surface area (Å²) < 4.78 is 0. The van der Waals surface area contributed by atoms with E-state index in [0.717, 1.165) is 25.8 Å². The van der Waals surface area contributed by atoms with Crippen molar-refractivity contribution in [2.24, 2.45) is 5.92 Å². The Kier molecular flexibility index (Phi) is 5.25. The lowest BCUT2D eigenvalue weighted by Crippen LogP contribution is -2.47. The lowest BCUT2D eigenvalue weighted by Gasteiger charge is -2.23. The van der Waals surface area contributed by atoms with Crippen molar-refractivity contribution in [1.82, 2.24) is 10.6 Å². The molecule has 1 heterocycles. The Morgan fingerprint density at radius 1 is 1.56 bits per heavy atom. The molecule has 0 saturated carbocycles. The molecule has 0 unspecified atom stereocenters. The number of carbonyl (C=O) groups is 2. The van der Waals surface area contributed by atoms with Crippen LogP contribution in [0.3, 0.4) is 0 Å². The van der Waals surface area contributed by atoms with Crippen LogP contribution in [0.25, 0.3) is 0 Å². The number of amides is 1. The standard InChI is InChI=1S/C11H20N2O3/c1-2-4-9(11(15)16)13-10(14)8-5-3-6-12-7-8/h8-9,12H,2-7H2,1H3,(H,13,14)(H,15,16)/t8-,9-/m1/s1. The molecule has 0 bridgehead atoms. The Balaban J connectivity index is 2.43. The second-order valence-corrected chi connectivity index (χ2v) is 4.23. The van der Waals surface area contributed by atoms with Gasteiger partial charge in [-0.25, -0.2) is 4.79 Å². The van der Waals surface area contributed by atoms with Gasteiger partial charge in [0, 0.05) is 6.54 Å². The molecule has 5 heteroatoms. The van der Waals surface area contributed by atoms with Gasteiger partial charge in [0.1, 0.15) is 6.04 Å². The molecule has 5 nitrogen and oxygen atoms in total. The molecule has 0 radical (unpaired) electrons. The number of carboxylic acid groups (broad SMARTS) is 1. The van der Waals surface area contributed by atoms with Crippen LogP contribution in [0.15, 0.2) is 0 Å². The fraction of sp³-hybridized carbons (Fsp3) is 0.818. The zero-order valence-corrected chi connectivity index (χ0v) is 9.66. The third-order valence-corrected chi connectivity index (χ3v) is 2.86. The highest BCUT2D eigenvalue weighted by molar-refractivity contribution is 5.85. The van der Waals surface area contributed by atoms with Gasteiger partial charge < -0.3 is 15.7 Å². The van der Waals surface area contributed by atoms with Crippen molar-refractivity contribution in [3.63, 3.8) is 0 Å². The van der Waals surface area contributed by atoms with Gasteiger partial charge >= 0.3 is 5.97 Å². The highest BCUT2D eigenvalue weighted by Gasteiger charge is 2.25. The first-order valence-electron chi connectivity index (χ1n) is 5.89. The van der Waals surface area contributed by atoms with E-state index in [1.54, 1.807) is 0 Å². The zero-order valence-electron chi connectivity index (χ0n) is 9.66. The van der Waals surface area contributed by atoms with Crippen LogP contribution in [0.4, 0.5) is 0 Å². The average molecular weight is 228 g/mol. The molecule has 1 fully saturated rings. The molecule has 3 N–H and O–H groups in total. The molecule has 0 aromatic heterocycles. The lowest BCUT2D eigenvalue weighted by molar-refractivity contribution is -0.142. The summed E-state index contributed by atoms with van der Waals surface area (Å²) in [5, 5.41) is 14.7. The Labute approximate surface area is 95.6 Å². The van der Waals surface area contributed by atoms with Gasteiger partial charge in [-0.05, 0) is 25.8 Å². The predicted molar refractivity (Wildman–Crippen MR) is 60.1 cm³/mol. The smallest absolute Gasteiger partial charge is 0.326 e. The van der Waals surface area contributed by atoms with Gasteiger partial charge in [-0.15, -0.1) is 0 Å². The maximum atomic E-state index is 11.8. The Morgan fingerprint density at radius 3 is 2.81 bits per heavy atom. The van der Waals surface area contributed by atoms with Crippen molar-refractivity contribution in [3.8, 4) is 0 Å². The number of nitrogens with one attached hydrogen (secondary N) is 2. The minimum atomic E-state index is -0.945. The number of piperidine rings is 1. The molecule has 0 aromatic carbocycles. The molecule has 1 aliphatic heterocycles. The summed E-state index contributed by atoms with van der Waals surface area (Å²) in [5.41, 5.74) is 0. The third-order valence-electron chi connectivity index (χ3n) is 2.86. The van der Waals surface area contributed by atoms with Crippen LogP contribution in [0.1, 0.15) is 32.6 Å². The first-order valence-corrected chi connectivity index (χ1v) is 5.89. The summed E-state index contributed by atoms with van der Waals surface area (Å²) in [7, 11) is 0. The van der Waals surface area contributed by atoms with E-state index in [2.05, 4.69) is 10.6 Å². The number of hydrogen-bond acceptors (Lipinski definition) is 3. The van der Waals surface area contributed by atoms with Gasteiger partial charge in [0.15, 0.2) is 0 Å². The summed E-state index contributed by atoms with van der Waals surface area (Å²) in [6.45, 7) is 3.51. The highest BCUT2D eigenvalue weighted by atomic mass is 16.4. The number of aliphatic carboxylic acids is 1. The van der Waals surface area contributed by atoms with Crippen molar-refractivity contribution < 1.29 is 14.7 Å². The summed E-state index contributed by atoms with van der Waals surface area (Å²) in [4.78, 5) is 22.7. The lowest BCUT2D eigenvalue weighted by atomic mass is 9.98. The molecule has 1 rings (SSSR count). The number of hydrogen-bond donors (Lipinski definition) is 3. The van der Waals surface area contributed by atoms with Gasteiger partial charge in [0.05, 0.1) is 5.92 Å². The molecular formula is C11H20N2O3. The molecule has 2 atom stereocenters. The molecular weight excluding hydrogens is 208 g/mol. The average Bonchev–Trinajstić information content (AvgIpc) is 2.29. The first-order chi connectivity index (χ1) is 7.65. The van der Waals surface area contributed by atoms with Crippen molar-refractivity contribution in [3.05, 3.63) is 0 Å².